The van der Waals surface area contributed by atoms with Gasteiger partial charge in [-0.05, 0) is 44.3 Å². The molecule has 20 heavy (non-hydrogen) atoms. The van der Waals surface area contributed by atoms with Crippen LogP contribution in [0.2, 0.25) is 0 Å². The van der Waals surface area contributed by atoms with E-state index in [9.17, 15) is 0 Å². The quantitative estimate of drug-likeness (QED) is 0.807. The van der Waals surface area contributed by atoms with Crippen LogP contribution in [0.1, 0.15) is 18.1 Å². The molecule has 1 aromatic carbocycles. The van der Waals surface area contributed by atoms with Gasteiger partial charge in [-0.1, -0.05) is 30.3 Å². The zero-order valence-corrected chi connectivity index (χ0v) is 12.4. The molecule has 3 nitrogen and oxygen atoms in total. The Bertz CT molecular complexity index is 472. The van der Waals surface area contributed by atoms with Crippen LogP contribution in [-0.2, 0) is 10.3 Å². The second-order valence-corrected chi connectivity index (χ2v) is 5.29. The molecule has 1 aromatic heterocycles. The van der Waals surface area contributed by atoms with E-state index in [0.29, 0.717) is 6.61 Å². The first-order chi connectivity index (χ1) is 9.63. The minimum atomic E-state index is -0.444. The third-order valence-corrected chi connectivity index (χ3v) is 3.49. The number of hydrogen-bond acceptors (Lipinski definition) is 3. The summed E-state index contributed by atoms with van der Waals surface area (Å²) in [5.41, 5.74) is 1.84. The maximum atomic E-state index is 6.24. The third kappa shape index (κ3) is 3.44. The highest BCUT2D eigenvalue weighted by Gasteiger charge is 2.29. The number of ether oxygens (including phenoxy) is 1. The van der Waals surface area contributed by atoms with E-state index in [-0.39, 0.29) is 0 Å². The summed E-state index contributed by atoms with van der Waals surface area (Å²) in [6.07, 6.45) is 3.62. The van der Waals surface area contributed by atoms with E-state index in [4.69, 9.17) is 4.74 Å². The molecule has 0 bridgehead atoms. The highest BCUT2D eigenvalue weighted by Crippen LogP contribution is 2.32. The van der Waals surface area contributed by atoms with Crippen molar-refractivity contribution in [3.63, 3.8) is 0 Å². The standard InChI is InChI=1S/C17H22N2O/c1-17(20-14-13-19(2)3,15-7-5-4-6-8-15)16-9-11-18-12-10-16/h4-12H,13-14H2,1-3H3/t17-/m1/s1. The van der Waals surface area contributed by atoms with Gasteiger partial charge in [-0.25, -0.2) is 0 Å². The normalized spacial score (nSPS) is 14.2. The molecular formula is C17H22N2O. The summed E-state index contributed by atoms with van der Waals surface area (Å²) in [5, 5.41) is 0. The molecule has 1 heterocycles. The first-order valence-electron chi connectivity index (χ1n) is 6.87. The van der Waals surface area contributed by atoms with E-state index >= 15 is 0 Å². The van der Waals surface area contributed by atoms with E-state index in [1.54, 1.807) is 0 Å². The van der Waals surface area contributed by atoms with Crippen LogP contribution in [0.25, 0.3) is 0 Å². The van der Waals surface area contributed by atoms with Crippen molar-refractivity contribution < 1.29 is 4.74 Å². The highest BCUT2D eigenvalue weighted by atomic mass is 16.5. The SMILES string of the molecule is CN(C)CCO[C@](C)(c1ccccc1)c1ccncc1. The Morgan fingerprint density at radius 2 is 1.60 bits per heavy atom. The Labute approximate surface area is 121 Å². The van der Waals surface area contributed by atoms with Crippen LogP contribution in [0.4, 0.5) is 0 Å². The summed E-state index contributed by atoms with van der Waals surface area (Å²) in [6, 6.07) is 14.4. The van der Waals surface area contributed by atoms with Gasteiger partial charge in [-0.15, -0.1) is 0 Å². The molecule has 0 saturated heterocycles. The maximum Gasteiger partial charge on any atom is 0.115 e. The molecule has 0 saturated carbocycles. The summed E-state index contributed by atoms with van der Waals surface area (Å²) in [5.74, 6) is 0. The maximum absolute atomic E-state index is 6.24. The molecule has 0 spiro atoms. The van der Waals surface area contributed by atoms with Gasteiger partial charge in [0, 0.05) is 18.9 Å². The lowest BCUT2D eigenvalue weighted by atomic mass is 9.88. The molecule has 2 rings (SSSR count). The minimum absolute atomic E-state index is 0.444. The smallest absolute Gasteiger partial charge is 0.115 e. The molecule has 0 aliphatic rings. The number of rotatable bonds is 6. The molecule has 106 valence electrons. The fourth-order valence-electron chi connectivity index (χ4n) is 2.19. The lowest BCUT2D eigenvalue weighted by Crippen LogP contribution is -2.31. The van der Waals surface area contributed by atoms with Gasteiger partial charge in [0.1, 0.15) is 5.60 Å². The molecule has 0 fully saturated rings. The number of hydrogen-bond donors (Lipinski definition) is 0. The Morgan fingerprint density at radius 3 is 2.20 bits per heavy atom. The van der Waals surface area contributed by atoms with Crippen LogP contribution in [0.3, 0.4) is 0 Å². The predicted molar refractivity (Wildman–Crippen MR) is 81.6 cm³/mol. The van der Waals surface area contributed by atoms with Crippen molar-refractivity contribution in [2.24, 2.45) is 0 Å². The first kappa shape index (κ1) is 14.7. The molecule has 2 aromatic rings. The summed E-state index contributed by atoms with van der Waals surface area (Å²) < 4.78 is 6.24. The van der Waals surface area contributed by atoms with Gasteiger partial charge in [0.2, 0.25) is 0 Å². The molecule has 0 amide bonds. The van der Waals surface area contributed by atoms with Crippen LogP contribution in [0, 0.1) is 0 Å². The van der Waals surface area contributed by atoms with Crippen LogP contribution < -0.4 is 0 Å². The molecule has 0 aliphatic carbocycles. The van der Waals surface area contributed by atoms with Crippen LogP contribution in [0.15, 0.2) is 54.9 Å². The monoisotopic (exact) mass is 270 g/mol. The number of benzene rings is 1. The van der Waals surface area contributed by atoms with E-state index in [1.807, 2.05) is 42.7 Å². The number of aromatic nitrogens is 1. The van der Waals surface area contributed by atoms with Gasteiger partial charge in [0.15, 0.2) is 0 Å². The van der Waals surface area contributed by atoms with Gasteiger partial charge >= 0.3 is 0 Å². The number of nitrogens with zero attached hydrogens (tertiary/aromatic N) is 2. The Balaban J connectivity index is 2.29. The van der Waals surface area contributed by atoms with Crippen molar-refractivity contribution in [1.29, 1.82) is 0 Å². The van der Waals surface area contributed by atoms with Gasteiger partial charge < -0.3 is 9.64 Å². The summed E-state index contributed by atoms with van der Waals surface area (Å²) in [6.45, 7) is 3.70. The van der Waals surface area contributed by atoms with E-state index in [2.05, 4.69) is 43.0 Å². The van der Waals surface area contributed by atoms with Crippen molar-refractivity contribution in [3.8, 4) is 0 Å². The summed E-state index contributed by atoms with van der Waals surface area (Å²) in [7, 11) is 4.10. The van der Waals surface area contributed by atoms with Crippen molar-refractivity contribution in [3.05, 3.63) is 66.0 Å². The molecule has 3 heteroatoms. The third-order valence-electron chi connectivity index (χ3n) is 3.49. The summed E-state index contributed by atoms with van der Waals surface area (Å²) in [4.78, 5) is 6.22. The highest BCUT2D eigenvalue weighted by molar-refractivity contribution is 5.34. The van der Waals surface area contributed by atoms with Crippen LogP contribution >= 0.6 is 0 Å². The fourth-order valence-corrected chi connectivity index (χ4v) is 2.19. The average Bonchev–Trinajstić information content (AvgIpc) is 2.48. The fraction of sp³-hybridized carbons (Fsp3) is 0.353. The van der Waals surface area contributed by atoms with Crippen LogP contribution in [-0.4, -0.2) is 37.1 Å². The van der Waals surface area contributed by atoms with Crippen molar-refractivity contribution in [2.45, 2.75) is 12.5 Å². The Kier molecular flexibility index (Phi) is 4.88. The molecule has 0 aliphatic heterocycles. The first-order valence-corrected chi connectivity index (χ1v) is 6.87. The predicted octanol–water partition coefficient (Wildman–Crippen LogP) is 2.92. The van der Waals surface area contributed by atoms with E-state index < -0.39 is 5.60 Å². The lowest BCUT2D eigenvalue weighted by molar-refractivity contribution is -0.0102. The second-order valence-electron chi connectivity index (χ2n) is 5.29. The lowest BCUT2D eigenvalue weighted by Gasteiger charge is -2.31. The Hall–Kier alpha value is -1.71. The summed E-state index contributed by atoms with van der Waals surface area (Å²) >= 11 is 0. The molecule has 0 N–H and O–H groups in total. The van der Waals surface area contributed by atoms with Crippen molar-refractivity contribution >= 4 is 0 Å². The van der Waals surface area contributed by atoms with Crippen molar-refractivity contribution in [2.75, 3.05) is 27.2 Å². The zero-order valence-electron chi connectivity index (χ0n) is 12.4. The van der Waals surface area contributed by atoms with Gasteiger partial charge in [-0.3, -0.25) is 4.98 Å². The Morgan fingerprint density at radius 1 is 1.00 bits per heavy atom. The minimum Gasteiger partial charge on any atom is -0.365 e. The van der Waals surface area contributed by atoms with E-state index in [0.717, 1.165) is 17.7 Å². The van der Waals surface area contributed by atoms with E-state index in [1.165, 1.54) is 0 Å². The van der Waals surface area contributed by atoms with Gasteiger partial charge in [0.05, 0.1) is 6.61 Å². The molecule has 0 radical (unpaired) electrons. The zero-order chi connectivity index (χ0) is 14.4. The largest absolute Gasteiger partial charge is 0.365 e. The van der Waals surface area contributed by atoms with Crippen molar-refractivity contribution in [1.82, 2.24) is 9.88 Å². The number of likely N-dealkylation sites (N-methyl/N-ethyl adjacent to an activating group) is 1. The topological polar surface area (TPSA) is 25.4 Å². The number of pyridine rings is 1. The average molecular weight is 270 g/mol. The second kappa shape index (κ2) is 6.64. The molecular weight excluding hydrogens is 248 g/mol. The van der Waals surface area contributed by atoms with Gasteiger partial charge in [0.25, 0.3) is 0 Å². The van der Waals surface area contributed by atoms with Gasteiger partial charge in [-0.2, -0.15) is 0 Å². The molecule has 0 unspecified atom stereocenters. The van der Waals surface area contributed by atoms with Crippen LogP contribution in [0.5, 0.6) is 0 Å². The molecule has 1 atom stereocenters.